The molecule has 33 heavy (non-hydrogen) atoms. The molecular formula is C26H27N3O3S. The Morgan fingerprint density at radius 3 is 2.15 bits per heavy atom. The average Bonchev–Trinajstić information content (AvgIpc) is 3.20. The van der Waals surface area contributed by atoms with Gasteiger partial charge in [0.15, 0.2) is 0 Å². The quantitative estimate of drug-likeness (QED) is 0.593. The molecule has 1 saturated heterocycles. The number of para-hydroxylation sites is 1. The minimum absolute atomic E-state index is 0.00234. The Kier molecular flexibility index (Phi) is 5.58. The van der Waals surface area contributed by atoms with Crippen molar-refractivity contribution >= 4 is 27.3 Å². The molecule has 0 saturated carbocycles. The van der Waals surface area contributed by atoms with Crippen molar-refractivity contribution < 1.29 is 13.2 Å². The Morgan fingerprint density at radius 1 is 0.848 bits per heavy atom. The fraction of sp³-hybridized carbons (Fsp3) is 0.269. The molecule has 170 valence electrons. The molecule has 3 aromatic rings. The van der Waals surface area contributed by atoms with E-state index in [-0.39, 0.29) is 16.8 Å². The second-order valence-electron chi connectivity index (χ2n) is 8.63. The number of carbonyl (C=O) groups excluding carboxylic acids is 1. The first kappa shape index (κ1) is 21.5. The smallest absolute Gasteiger partial charge is 0.264 e. The molecule has 0 spiro atoms. The van der Waals surface area contributed by atoms with Crippen LogP contribution in [-0.4, -0.2) is 51.4 Å². The summed E-state index contributed by atoms with van der Waals surface area (Å²) in [6.45, 7) is 4.82. The molecule has 2 aliphatic heterocycles. The normalized spacial score (nSPS) is 18.3. The van der Waals surface area contributed by atoms with Crippen LogP contribution in [0.5, 0.6) is 0 Å². The number of sulfonamides is 1. The maximum Gasteiger partial charge on any atom is 0.264 e. The number of anilines is 2. The number of fused-ring (bicyclic) bond motifs is 1. The third-order valence-corrected chi connectivity index (χ3v) is 8.41. The summed E-state index contributed by atoms with van der Waals surface area (Å²) in [5.74, 6) is 0.00234. The van der Waals surface area contributed by atoms with Crippen LogP contribution in [0.25, 0.3) is 0 Å². The van der Waals surface area contributed by atoms with Crippen molar-refractivity contribution in [1.29, 1.82) is 0 Å². The highest BCUT2D eigenvalue weighted by Gasteiger charge is 2.36. The van der Waals surface area contributed by atoms with Crippen LogP contribution in [-0.2, 0) is 16.4 Å². The molecule has 0 aliphatic carbocycles. The lowest BCUT2D eigenvalue weighted by Gasteiger charge is -2.36. The van der Waals surface area contributed by atoms with E-state index in [0.29, 0.717) is 30.8 Å². The fourth-order valence-corrected chi connectivity index (χ4v) is 6.51. The van der Waals surface area contributed by atoms with Gasteiger partial charge >= 0.3 is 0 Å². The van der Waals surface area contributed by atoms with Crippen LogP contribution in [0.2, 0.25) is 0 Å². The molecule has 2 aliphatic rings. The van der Waals surface area contributed by atoms with Gasteiger partial charge in [-0.1, -0.05) is 36.4 Å². The van der Waals surface area contributed by atoms with E-state index in [1.165, 1.54) is 9.99 Å². The van der Waals surface area contributed by atoms with E-state index in [1.807, 2.05) is 36.1 Å². The van der Waals surface area contributed by atoms with Gasteiger partial charge in [0.2, 0.25) is 0 Å². The number of hydrogen-bond acceptors (Lipinski definition) is 4. The summed E-state index contributed by atoms with van der Waals surface area (Å²) in [4.78, 5) is 17.7. The van der Waals surface area contributed by atoms with Crippen molar-refractivity contribution in [1.82, 2.24) is 4.90 Å². The maximum absolute atomic E-state index is 13.3. The Labute approximate surface area is 195 Å². The molecule has 0 radical (unpaired) electrons. The van der Waals surface area contributed by atoms with E-state index in [4.69, 9.17) is 0 Å². The number of rotatable bonds is 4. The lowest BCUT2D eigenvalue weighted by atomic mass is 10.1. The SMILES string of the molecule is C[C@@H]1Cc2cc(C(=O)N3CCN(c4ccccc4)CC3)ccc2N1S(=O)(=O)c1ccccc1. The zero-order chi connectivity index (χ0) is 23.0. The van der Waals surface area contributed by atoms with Gasteiger partial charge < -0.3 is 9.80 Å². The van der Waals surface area contributed by atoms with Gasteiger partial charge in [0.1, 0.15) is 0 Å². The Balaban J connectivity index is 1.33. The Hall–Kier alpha value is -3.32. The second-order valence-corrected chi connectivity index (χ2v) is 10.4. The first-order chi connectivity index (χ1) is 15.9. The molecule has 0 aromatic heterocycles. The van der Waals surface area contributed by atoms with Gasteiger partial charge in [-0.25, -0.2) is 8.42 Å². The van der Waals surface area contributed by atoms with Gasteiger partial charge in [-0.2, -0.15) is 0 Å². The molecule has 3 aromatic carbocycles. The zero-order valence-electron chi connectivity index (χ0n) is 18.6. The maximum atomic E-state index is 13.3. The van der Waals surface area contributed by atoms with E-state index < -0.39 is 10.0 Å². The number of piperazine rings is 1. The molecule has 0 unspecified atom stereocenters. The number of amides is 1. The van der Waals surface area contributed by atoms with Crippen LogP contribution in [0.15, 0.2) is 83.8 Å². The van der Waals surface area contributed by atoms with Crippen LogP contribution < -0.4 is 9.21 Å². The van der Waals surface area contributed by atoms with Crippen molar-refractivity contribution in [2.24, 2.45) is 0 Å². The van der Waals surface area contributed by atoms with E-state index in [0.717, 1.165) is 18.7 Å². The van der Waals surface area contributed by atoms with Crippen molar-refractivity contribution in [2.75, 3.05) is 35.4 Å². The van der Waals surface area contributed by atoms with Crippen molar-refractivity contribution in [3.63, 3.8) is 0 Å². The van der Waals surface area contributed by atoms with E-state index in [2.05, 4.69) is 17.0 Å². The highest BCUT2D eigenvalue weighted by molar-refractivity contribution is 7.92. The standard InChI is InChI=1S/C26H27N3O3S/c1-20-18-22-19-21(12-13-25(22)29(20)33(31,32)24-10-6-3-7-11-24)26(30)28-16-14-27(15-17-28)23-8-4-2-5-9-23/h2-13,19-20H,14-18H2,1H3/t20-/m1/s1. The molecule has 0 bridgehead atoms. The van der Waals surface area contributed by atoms with Gasteiger partial charge in [-0.05, 0) is 61.4 Å². The van der Waals surface area contributed by atoms with E-state index in [1.54, 1.807) is 42.5 Å². The molecule has 5 rings (SSSR count). The predicted octanol–water partition coefficient (Wildman–Crippen LogP) is 3.79. The Morgan fingerprint density at radius 2 is 1.48 bits per heavy atom. The van der Waals surface area contributed by atoms with Gasteiger partial charge in [0, 0.05) is 43.5 Å². The van der Waals surface area contributed by atoms with Crippen molar-refractivity contribution in [3.05, 3.63) is 90.0 Å². The Bertz CT molecular complexity index is 1250. The summed E-state index contributed by atoms with van der Waals surface area (Å²) in [6, 6.07) is 24.0. The van der Waals surface area contributed by atoms with Gasteiger partial charge in [0.05, 0.1) is 10.6 Å². The monoisotopic (exact) mass is 461 g/mol. The summed E-state index contributed by atoms with van der Waals surface area (Å²) in [6.07, 6.45) is 0.588. The van der Waals surface area contributed by atoms with Gasteiger partial charge in [0.25, 0.3) is 15.9 Å². The second kappa shape index (κ2) is 8.56. The van der Waals surface area contributed by atoms with Crippen molar-refractivity contribution in [3.8, 4) is 0 Å². The van der Waals surface area contributed by atoms with Crippen molar-refractivity contribution in [2.45, 2.75) is 24.3 Å². The van der Waals surface area contributed by atoms with Crippen LogP contribution in [0, 0.1) is 0 Å². The molecule has 2 heterocycles. The molecular weight excluding hydrogens is 434 g/mol. The highest BCUT2D eigenvalue weighted by Crippen LogP contribution is 2.37. The predicted molar refractivity (Wildman–Crippen MR) is 130 cm³/mol. The third kappa shape index (κ3) is 3.97. The molecule has 0 N–H and O–H groups in total. The number of carbonyl (C=O) groups is 1. The summed E-state index contributed by atoms with van der Waals surface area (Å²) in [7, 11) is -3.65. The lowest BCUT2D eigenvalue weighted by molar-refractivity contribution is 0.0746. The van der Waals surface area contributed by atoms with Crippen LogP contribution >= 0.6 is 0 Å². The average molecular weight is 462 g/mol. The number of nitrogens with zero attached hydrogens (tertiary/aromatic N) is 3. The molecule has 6 nitrogen and oxygen atoms in total. The third-order valence-electron chi connectivity index (χ3n) is 6.47. The van der Waals surface area contributed by atoms with E-state index in [9.17, 15) is 13.2 Å². The zero-order valence-corrected chi connectivity index (χ0v) is 19.4. The molecule has 7 heteroatoms. The van der Waals surface area contributed by atoms with Gasteiger partial charge in [-0.15, -0.1) is 0 Å². The lowest BCUT2D eigenvalue weighted by Crippen LogP contribution is -2.48. The molecule has 1 amide bonds. The first-order valence-corrected chi connectivity index (χ1v) is 12.7. The topological polar surface area (TPSA) is 60.9 Å². The van der Waals surface area contributed by atoms with E-state index >= 15 is 0 Å². The van der Waals surface area contributed by atoms with Crippen LogP contribution in [0.1, 0.15) is 22.8 Å². The summed E-state index contributed by atoms with van der Waals surface area (Å²) in [5.41, 5.74) is 3.36. The van der Waals surface area contributed by atoms with Crippen LogP contribution in [0.4, 0.5) is 11.4 Å². The largest absolute Gasteiger partial charge is 0.368 e. The number of benzene rings is 3. The van der Waals surface area contributed by atoms with Crippen LogP contribution in [0.3, 0.4) is 0 Å². The molecule has 1 fully saturated rings. The summed E-state index contributed by atoms with van der Waals surface area (Å²) >= 11 is 0. The van der Waals surface area contributed by atoms with Gasteiger partial charge in [-0.3, -0.25) is 9.10 Å². The first-order valence-electron chi connectivity index (χ1n) is 11.3. The fourth-order valence-electron chi connectivity index (χ4n) is 4.80. The minimum Gasteiger partial charge on any atom is -0.368 e. The minimum atomic E-state index is -3.65. The summed E-state index contributed by atoms with van der Waals surface area (Å²) in [5, 5.41) is 0. The highest BCUT2D eigenvalue weighted by atomic mass is 32.2. The number of hydrogen-bond donors (Lipinski definition) is 0. The summed E-state index contributed by atoms with van der Waals surface area (Å²) < 4.78 is 28.0. The molecule has 1 atom stereocenters.